The van der Waals surface area contributed by atoms with Crippen molar-refractivity contribution < 1.29 is 0 Å². The lowest BCUT2D eigenvalue weighted by Gasteiger charge is -2.02. The Bertz CT molecular complexity index is 623. The molecule has 0 aromatic carbocycles. The van der Waals surface area contributed by atoms with Gasteiger partial charge in [0.15, 0.2) is 0 Å². The predicted molar refractivity (Wildman–Crippen MR) is 64.9 cm³/mol. The van der Waals surface area contributed by atoms with Crippen LogP contribution < -0.4 is 11.1 Å². The fraction of sp³-hybridized carbons (Fsp3) is 0.333. The topological polar surface area (TPSA) is 65.7 Å². The summed E-state index contributed by atoms with van der Waals surface area (Å²) in [6.45, 7) is 4.07. The van der Waals surface area contributed by atoms with E-state index in [0.29, 0.717) is 4.83 Å². The molecule has 2 heterocycles. The fourth-order valence-electron chi connectivity index (χ4n) is 1.47. The predicted octanol–water partition coefficient (Wildman–Crippen LogP) is 2.16. The van der Waals surface area contributed by atoms with Gasteiger partial charge in [0.25, 0.3) is 0 Å². The molecule has 0 atom stereocenters. The summed E-state index contributed by atoms with van der Waals surface area (Å²) in [6, 6.07) is 0. The standard InChI is InChI=1S/C9H9BrN2O2S/c1-3(2)4-5-9(15-6(4)10)12-8(14)7(13)11-5/h3H,1-2H3,(H,11,13)(H,12,14). The van der Waals surface area contributed by atoms with E-state index in [4.69, 9.17) is 0 Å². The molecule has 0 unspecified atom stereocenters. The number of H-pyrrole nitrogens is 2. The first kappa shape index (κ1) is 10.6. The summed E-state index contributed by atoms with van der Waals surface area (Å²) in [5.41, 5.74) is 0.552. The van der Waals surface area contributed by atoms with Gasteiger partial charge in [0, 0.05) is 5.56 Å². The second kappa shape index (κ2) is 3.61. The Balaban J connectivity index is 2.94. The first-order valence-electron chi connectivity index (χ1n) is 4.45. The summed E-state index contributed by atoms with van der Waals surface area (Å²) < 4.78 is 0.949. The average molecular weight is 289 g/mol. The van der Waals surface area contributed by atoms with Crippen molar-refractivity contribution in [1.82, 2.24) is 9.97 Å². The Kier molecular flexibility index (Phi) is 2.56. The van der Waals surface area contributed by atoms with Gasteiger partial charge in [0.2, 0.25) is 0 Å². The van der Waals surface area contributed by atoms with E-state index in [9.17, 15) is 9.59 Å². The van der Waals surface area contributed by atoms with E-state index in [-0.39, 0.29) is 5.92 Å². The van der Waals surface area contributed by atoms with Crippen LogP contribution in [-0.2, 0) is 0 Å². The molecule has 15 heavy (non-hydrogen) atoms. The highest BCUT2D eigenvalue weighted by Crippen LogP contribution is 2.36. The number of fused-ring (bicyclic) bond motifs is 1. The fourth-order valence-corrected chi connectivity index (χ4v) is 3.65. The van der Waals surface area contributed by atoms with Gasteiger partial charge in [-0.25, -0.2) is 0 Å². The Hall–Kier alpha value is -0.880. The molecule has 0 spiro atoms. The van der Waals surface area contributed by atoms with Crippen LogP contribution in [0.25, 0.3) is 10.3 Å². The third-order valence-electron chi connectivity index (χ3n) is 2.15. The van der Waals surface area contributed by atoms with Crippen molar-refractivity contribution in [1.29, 1.82) is 0 Å². The number of halogens is 1. The number of aromatic amines is 2. The van der Waals surface area contributed by atoms with Gasteiger partial charge in [-0.15, -0.1) is 11.3 Å². The molecule has 2 N–H and O–H groups in total. The van der Waals surface area contributed by atoms with Gasteiger partial charge >= 0.3 is 11.1 Å². The molecule has 0 amide bonds. The minimum Gasteiger partial charge on any atom is -0.315 e. The molecule has 4 nitrogen and oxygen atoms in total. The molecule has 80 valence electrons. The van der Waals surface area contributed by atoms with Crippen molar-refractivity contribution in [3.63, 3.8) is 0 Å². The first-order valence-corrected chi connectivity index (χ1v) is 6.06. The number of nitrogens with one attached hydrogen (secondary N) is 2. The highest BCUT2D eigenvalue weighted by atomic mass is 79.9. The number of aromatic nitrogens is 2. The van der Waals surface area contributed by atoms with Crippen molar-refractivity contribution in [2.24, 2.45) is 0 Å². The summed E-state index contributed by atoms with van der Waals surface area (Å²) in [5, 5.41) is 0. The number of rotatable bonds is 1. The van der Waals surface area contributed by atoms with Crippen molar-refractivity contribution in [3.05, 3.63) is 30.1 Å². The summed E-state index contributed by atoms with van der Waals surface area (Å²) in [4.78, 5) is 28.2. The van der Waals surface area contributed by atoms with E-state index >= 15 is 0 Å². The maximum Gasteiger partial charge on any atom is 0.314 e. The monoisotopic (exact) mass is 288 g/mol. The lowest BCUT2D eigenvalue weighted by molar-refractivity contribution is 0.871. The second-order valence-electron chi connectivity index (χ2n) is 3.56. The van der Waals surface area contributed by atoms with Crippen LogP contribution in [0.15, 0.2) is 13.4 Å². The lowest BCUT2D eigenvalue weighted by atomic mass is 10.1. The van der Waals surface area contributed by atoms with Crippen LogP contribution in [-0.4, -0.2) is 9.97 Å². The van der Waals surface area contributed by atoms with E-state index in [1.54, 1.807) is 0 Å². The molecule has 0 saturated heterocycles. The number of thiophene rings is 1. The molecule has 0 bridgehead atoms. The Morgan fingerprint density at radius 3 is 2.40 bits per heavy atom. The van der Waals surface area contributed by atoms with E-state index in [0.717, 1.165) is 14.9 Å². The molecule has 2 aromatic rings. The normalized spacial score (nSPS) is 11.5. The van der Waals surface area contributed by atoms with Gasteiger partial charge in [-0.1, -0.05) is 13.8 Å². The van der Waals surface area contributed by atoms with Crippen molar-refractivity contribution in [3.8, 4) is 0 Å². The molecular formula is C9H9BrN2O2S. The van der Waals surface area contributed by atoms with Crippen molar-refractivity contribution >= 4 is 37.6 Å². The zero-order chi connectivity index (χ0) is 11.2. The minimum atomic E-state index is -0.605. The Morgan fingerprint density at radius 2 is 1.80 bits per heavy atom. The van der Waals surface area contributed by atoms with Gasteiger partial charge in [-0.3, -0.25) is 9.59 Å². The van der Waals surface area contributed by atoms with Crippen LogP contribution in [0.2, 0.25) is 0 Å². The van der Waals surface area contributed by atoms with Gasteiger partial charge in [0.1, 0.15) is 4.83 Å². The SMILES string of the molecule is CC(C)c1c(Br)sc2[nH]c(=O)c(=O)[nH]c12. The lowest BCUT2D eigenvalue weighted by Crippen LogP contribution is -2.28. The highest BCUT2D eigenvalue weighted by Gasteiger charge is 2.15. The number of hydrogen-bond acceptors (Lipinski definition) is 3. The third kappa shape index (κ3) is 1.68. The van der Waals surface area contributed by atoms with Gasteiger partial charge in [0.05, 0.1) is 9.30 Å². The van der Waals surface area contributed by atoms with E-state index in [1.807, 2.05) is 13.8 Å². The molecule has 0 fully saturated rings. The zero-order valence-electron chi connectivity index (χ0n) is 8.18. The third-order valence-corrected chi connectivity index (χ3v) is 3.97. The van der Waals surface area contributed by atoms with Crippen LogP contribution in [0.4, 0.5) is 0 Å². The molecule has 2 rings (SSSR count). The molecule has 0 aliphatic carbocycles. The molecule has 0 radical (unpaired) electrons. The van der Waals surface area contributed by atoms with Crippen LogP contribution >= 0.6 is 27.3 Å². The van der Waals surface area contributed by atoms with Crippen LogP contribution in [0.3, 0.4) is 0 Å². The minimum absolute atomic E-state index is 0.287. The van der Waals surface area contributed by atoms with Gasteiger partial charge in [-0.2, -0.15) is 0 Å². The summed E-state index contributed by atoms with van der Waals surface area (Å²) in [7, 11) is 0. The smallest absolute Gasteiger partial charge is 0.314 e. The van der Waals surface area contributed by atoms with Crippen LogP contribution in [0.1, 0.15) is 25.3 Å². The van der Waals surface area contributed by atoms with E-state index in [2.05, 4.69) is 25.9 Å². The molecular weight excluding hydrogens is 280 g/mol. The Morgan fingerprint density at radius 1 is 1.20 bits per heavy atom. The summed E-state index contributed by atoms with van der Waals surface area (Å²) >= 11 is 4.85. The van der Waals surface area contributed by atoms with Crippen LogP contribution in [0, 0.1) is 0 Å². The van der Waals surface area contributed by atoms with Gasteiger partial charge in [-0.05, 0) is 21.8 Å². The van der Waals surface area contributed by atoms with Gasteiger partial charge < -0.3 is 9.97 Å². The molecule has 0 aliphatic heterocycles. The first-order chi connectivity index (χ1) is 7.00. The summed E-state index contributed by atoms with van der Waals surface area (Å²) in [5.74, 6) is 0.287. The molecule has 2 aromatic heterocycles. The van der Waals surface area contributed by atoms with E-state index in [1.165, 1.54) is 11.3 Å². The molecule has 6 heteroatoms. The zero-order valence-corrected chi connectivity index (χ0v) is 10.6. The maximum atomic E-state index is 11.2. The molecule has 0 saturated carbocycles. The quantitative estimate of drug-likeness (QED) is 0.790. The van der Waals surface area contributed by atoms with Crippen molar-refractivity contribution in [2.45, 2.75) is 19.8 Å². The Labute approximate surface area is 97.5 Å². The second-order valence-corrected chi connectivity index (χ2v) is 5.90. The largest absolute Gasteiger partial charge is 0.315 e. The number of hydrogen-bond donors (Lipinski definition) is 2. The maximum absolute atomic E-state index is 11.2. The molecule has 0 aliphatic rings. The summed E-state index contributed by atoms with van der Waals surface area (Å²) in [6.07, 6.45) is 0. The van der Waals surface area contributed by atoms with Crippen LogP contribution in [0.5, 0.6) is 0 Å². The van der Waals surface area contributed by atoms with E-state index < -0.39 is 11.1 Å². The van der Waals surface area contributed by atoms with Crippen molar-refractivity contribution in [2.75, 3.05) is 0 Å². The average Bonchev–Trinajstić information content (AvgIpc) is 2.41. The highest BCUT2D eigenvalue weighted by molar-refractivity contribution is 9.11.